The number of aromatic nitrogens is 2. The SMILES string of the molecule is COC(=O)N[C@H]1CC[C@H](CN2CCC3(CC2)CN(c2ncncc2Oc2ccc(F)cc2C(=O)N(C)C(C)C)C3)CC1. The zero-order valence-electron chi connectivity index (χ0n) is 25.1. The number of anilines is 1. The lowest BCUT2D eigenvalue weighted by Crippen LogP contribution is -2.61. The molecule has 3 heterocycles. The van der Waals surface area contributed by atoms with Crippen LogP contribution >= 0.6 is 0 Å². The number of carbonyl (C=O) groups excluding carboxylic acids is 2. The van der Waals surface area contributed by atoms with Gasteiger partial charge in [0.2, 0.25) is 0 Å². The summed E-state index contributed by atoms with van der Waals surface area (Å²) in [4.78, 5) is 39.6. The Kier molecular flexibility index (Phi) is 9.15. The van der Waals surface area contributed by atoms with E-state index in [0.29, 0.717) is 17.5 Å². The van der Waals surface area contributed by atoms with E-state index in [4.69, 9.17) is 9.47 Å². The number of alkyl carbamates (subject to hydrolysis) is 1. The van der Waals surface area contributed by atoms with Crippen LogP contribution < -0.4 is 15.0 Å². The summed E-state index contributed by atoms with van der Waals surface area (Å²) in [6.45, 7) is 8.90. The molecular weight excluding hydrogens is 539 g/mol. The van der Waals surface area contributed by atoms with Crippen LogP contribution in [0.25, 0.3) is 0 Å². The molecule has 1 N–H and O–H groups in total. The maximum absolute atomic E-state index is 14.1. The van der Waals surface area contributed by atoms with Crippen LogP contribution in [-0.4, -0.2) is 90.7 Å². The number of piperidine rings is 1. The van der Waals surface area contributed by atoms with Crippen molar-refractivity contribution in [3.05, 3.63) is 42.1 Å². The molecule has 1 aromatic carbocycles. The van der Waals surface area contributed by atoms with E-state index in [0.717, 1.165) is 71.2 Å². The first-order valence-corrected chi connectivity index (χ1v) is 15.0. The summed E-state index contributed by atoms with van der Waals surface area (Å²) in [6.07, 6.45) is 9.36. The lowest BCUT2D eigenvalue weighted by Gasteiger charge is -2.54. The minimum absolute atomic E-state index is 0.0433. The molecular formula is C31H43FN6O4. The van der Waals surface area contributed by atoms with E-state index >= 15 is 0 Å². The topological polar surface area (TPSA) is 100 Å². The molecule has 2 amide bonds. The maximum atomic E-state index is 14.1. The van der Waals surface area contributed by atoms with Crippen molar-refractivity contribution in [2.75, 3.05) is 51.8 Å². The molecule has 0 unspecified atom stereocenters. The number of carbonyl (C=O) groups is 2. The third-order valence-electron chi connectivity index (χ3n) is 9.29. The standard InChI is InChI=1S/C31H43FN6O4/c1-21(2)36(3)29(39)25-15-23(32)7-10-26(25)42-27-16-33-20-34-28(27)38-18-31(19-38)11-13-37(14-12-31)17-22-5-8-24(9-6-22)35-30(40)41-4/h7,10,15-16,20-22,24H,5-6,8-9,11-14,17-19H2,1-4H3,(H,35,40)/t22-,24-. The van der Waals surface area contributed by atoms with Gasteiger partial charge in [0.1, 0.15) is 17.9 Å². The zero-order valence-corrected chi connectivity index (χ0v) is 25.1. The van der Waals surface area contributed by atoms with Crippen LogP contribution in [0.3, 0.4) is 0 Å². The van der Waals surface area contributed by atoms with Crippen LogP contribution in [0.5, 0.6) is 11.5 Å². The third-order valence-corrected chi connectivity index (χ3v) is 9.29. The van der Waals surface area contributed by atoms with Gasteiger partial charge in [0.25, 0.3) is 5.91 Å². The third kappa shape index (κ3) is 6.77. The lowest BCUT2D eigenvalue weighted by atomic mass is 9.71. The monoisotopic (exact) mass is 582 g/mol. The number of nitrogens with one attached hydrogen (secondary N) is 1. The summed E-state index contributed by atoms with van der Waals surface area (Å²) >= 11 is 0. The Hall–Kier alpha value is -3.47. The first-order valence-electron chi connectivity index (χ1n) is 15.0. The van der Waals surface area contributed by atoms with Gasteiger partial charge in [-0.2, -0.15) is 0 Å². The van der Waals surface area contributed by atoms with Crippen molar-refractivity contribution in [2.24, 2.45) is 11.3 Å². The fourth-order valence-electron chi connectivity index (χ4n) is 6.44. The second-order valence-electron chi connectivity index (χ2n) is 12.5. The first-order chi connectivity index (χ1) is 20.2. The Morgan fingerprint density at radius 2 is 1.86 bits per heavy atom. The summed E-state index contributed by atoms with van der Waals surface area (Å²) in [5.41, 5.74) is 0.430. The number of benzene rings is 1. The number of amides is 2. The van der Waals surface area contributed by atoms with Gasteiger partial charge < -0.3 is 29.5 Å². The number of nitrogens with zero attached hydrogens (tertiary/aromatic N) is 5. The molecule has 1 spiro atoms. The molecule has 0 bridgehead atoms. The van der Waals surface area contributed by atoms with Gasteiger partial charge in [-0.1, -0.05) is 0 Å². The number of ether oxygens (including phenoxy) is 2. The van der Waals surface area contributed by atoms with Crippen molar-refractivity contribution >= 4 is 17.8 Å². The van der Waals surface area contributed by atoms with Crippen LogP contribution in [0.2, 0.25) is 0 Å². The van der Waals surface area contributed by atoms with Gasteiger partial charge in [-0.25, -0.2) is 19.2 Å². The van der Waals surface area contributed by atoms with Crippen molar-refractivity contribution < 1.29 is 23.5 Å². The highest BCUT2D eigenvalue weighted by Gasteiger charge is 2.46. The highest BCUT2D eigenvalue weighted by atomic mass is 19.1. The summed E-state index contributed by atoms with van der Waals surface area (Å²) in [7, 11) is 3.10. The average molecular weight is 583 g/mol. The van der Waals surface area contributed by atoms with E-state index in [2.05, 4.69) is 25.1 Å². The van der Waals surface area contributed by atoms with Gasteiger partial charge in [-0.15, -0.1) is 0 Å². The Morgan fingerprint density at radius 3 is 2.52 bits per heavy atom. The highest BCUT2D eigenvalue weighted by molar-refractivity contribution is 5.97. The van der Waals surface area contributed by atoms with Crippen LogP contribution in [0.15, 0.2) is 30.7 Å². The summed E-state index contributed by atoms with van der Waals surface area (Å²) in [6, 6.07) is 4.19. The molecule has 1 aliphatic carbocycles. The van der Waals surface area contributed by atoms with E-state index in [1.807, 2.05) is 13.8 Å². The molecule has 0 radical (unpaired) electrons. The normalized spacial score (nSPS) is 22.0. The summed E-state index contributed by atoms with van der Waals surface area (Å²) < 4.78 is 25.1. The number of hydrogen-bond donors (Lipinski definition) is 1. The summed E-state index contributed by atoms with van der Waals surface area (Å²) in [5.74, 6) is 1.30. The molecule has 42 heavy (non-hydrogen) atoms. The van der Waals surface area contributed by atoms with Crippen molar-refractivity contribution in [2.45, 2.75) is 64.5 Å². The van der Waals surface area contributed by atoms with Crippen LogP contribution in [-0.2, 0) is 4.74 Å². The van der Waals surface area contributed by atoms with Crippen molar-refractivity contribution in [1.29, 1.82) is 0 Å². The van der Waals surface area contributed by atoms with Gasteiger partial charge in [0.05, 0.1) is 18.9 Å². The van der Waals surface area contributed by atoms with E-state index in [-0.39, 0.29) is 40.8 Å². The molecule has 2 saturated heterocycles. The summed E-state index contributed by atoms with van der Waals surface area (Å²) in [5, 5.41) is 2.94. The maximum Gasteiger partial charge on any atom is 0.407 e. The lowest BCUT2D eigenvalue weighted by molar-refractivity contribution is 0.0613. The molecule has 10 nitrogen and oxygen atoms in total. The second kappa shape index (κ2) is 12.8. The molecule has 11 heteroatoms. The smallest absolute Gasteiger partial charge is 0.407 e. The Bertz CT molecular complexity index is 1250. The van der Waals surface area contributed by atoms with Gasteiger partial charge in [-0.3, -0.25) is 4.79 Å². The predicted octanol–water partition coefficient (Wildman–Crippen LogP) is 4.71. The predicted molar refractivity (Wildman–Crippen MR) is 157 cm³/mol. The fraction of sp³-hybridized carbons (Fsp3) is 0.613. The first kappa shape index (κ1) is 30.0. The quantitative estimate of drug-likeness (QED) is 0.478. The molecule has 0 atom stereocenters. The molecule has 1 saturated carbocycles. The number of halogens is 1. The number of methoxy groups -OCH3 is 1. The molecule has 1 aromatic heterocycles. The van der Waals surface area contributed by atoms with Gasteiger partial charge in [0.15, 0.2) is 11.6 Å². The molecule has 2 aliphatic heterocycles. The minimum atomic E-state index is -0.494. The van der Waals surface area contributed by atoms with Gasteiger partial charge >= 0.3 is 6.09 Å². The fourth-order valence-corrected chi connectivity index (χ4v) is 6.44. The largest absolute Gasteiger partial charge is 0.453 e. The minimum Gasteiger partial charge on any atom is -0.453 e. The van der Waals surface area contributed by atoms with Gasteiger partial charge in [0, 0.05) is 44.2 Å². The van der Waals surface area contributed by atoms with Crippen molar-refractivity contribution in [3.63, 3.8) is 0 Å². The average Bonchev–Trinajstić information content (AvgIpc) is 2.98. The van der Waals surface area contributed by atoms with Crippen molar-refractivity contribution in [1.82, 2.24) is 25.1 Å². The van der Waals surface area contributed by atoms with E-state index in [1.54, 1.807) is 18.1 Å². The van der Waals surface area contributed by atoms with Crippen molar-refractivity contribution in [3.8, 4) is 11.5 Å². The molecule has 3 aliphatic rings. The van der Waals surface area contributed by atoms with Crippen LogP contribution in [0.4, 0.5) is 15.0 Å². The van der Waals surface area contributed by atoms with E-state index < -0.39 is 5.82 Å². The number of likely N-dealkylation sites (tertiary alicyclic amines) is 1. The molecule has 228 valence electrons. The Balaban J connectivity index is 1.15. The Morgan fingerprint density at radius 1 is 1.14 bits per heavy atom. The molecule has 5 rings (SSSR count). The van der Waals surface area contributed by atoms with E-state index in [9.17, 15) is 14.0 Å². The molecule has 3 fully saturated rings. The molecule has 2 aromatic rings. The highest BCUT2D eigenvalue weighted by Crippen LogP contribution is 2.45. The van der Waals surface area contributed by atoms with Gasteiger partial charge in [-0.05, 0) is 89.6 Å². The number of hydrogen-bond acceptors (Lipinski definition) is 8. The second-order valence-corrected chi connectivity index (χ2v) is 12.5. The zero-order chi connectivity index (χ0) is 29.9. The number of rotatable bonds is 8. The Labute approximate surface area is 247 Å². The van der Waals surface area contributed by atoms with E-state index in [1.165, 1.54) is 31.6 Å². The van der Waals surface area contributed by atoms with Crippen LogP contribution in [0, 0.1) is 17.2 Å². The van der Waals surface area contributed by atoms with Crippen LogP contribution in [0.1, 0.15) is 62.7 Å².